The number of methoxy groups -OCH3 is 1. The van der Waals surface area contributed by atoms with E-state index in [1.807, 2.05) is 11.7 Å². The summed E-state index contributed by atoms with van der Waals surface area (Å²) < 4.78 is 18.6. The lowest BCUT2D eigenvalue weighted by Crippen LogP contribution is -2.47. The van der Waals surface area contributed by atoms with E-state index in [1.54, 1.807) is 7.11 Å². The number of piperidine rings is 1. The van der Waals surface area contributed by atoms with Crippen LogP contribution in [-0.4, -0.2) is 64.8 Å². The monoisotopic (exact) mass is 403 g/mol. The molecule has 0 amide bonds. The summed E-state index contributed by atoms with van der Waals surface area (Å²) in [6, 6.07) is 0. The molecule has 160 valence electrons. The van der Waals surface area contributed by atoms with E-state index in [0.29, 0.717) is 12.5 Å². The van der Waals surface area contributed by atoms with Crippen molar-refractivity contribution in [3.8, 4) is 0 Å². The molecule has 0 saturated carbocycles. The van der Waals surface area contributed by atoms with Crippen LogP contribution in [0.25, 0.3) is 0 Å². The van der Waals surface area contributed by atoms with Crippen LogP contribution in [0.2, 0.25) is 0 Å². The Labute approximate surface area is 172 Å². The first kappa shape index (κ1) is 20.5. The van der Waals surface area contributed by atoms with Crippen molar-refractivity contribution in [3.63, 3.8) is 0 Å². The fraction of sp³-hybridized carbons (Fsp3) is 0.762. The van der Waals surface area contributed by atoms with E-state index in [0.717, 1.165) is 82.4 Å². The van der Waals surface area contributed by atoms with Gasteiger partial charge in [-0.3, -0.25) is 9.58 Å². The number of aryl methyl sites for hydroxylation is 2. The van der Waals surface area contributed by atoms with Gasteiger partial charge in [-0.1, -0.05) is 5.16 Å². The van der Waals surface area contributed by atoms with Crippen molar-refractivity contribution in [3.05, 3.63) is 29.2 Å². The normalized spacial score (nSPS) is 24.2. The second-order valence-corrected chi connectivity index (χ2v) is 8.59. The smallest absolute Gasteiger partial charge is 0.229 e. The first-order valence-corrected chi connectivity index (χ1v) is 10.7. The van der Waals surface area contributed by atoms with Gasteiger partial charge in [0.05, 0.1) is 5.69 Å². The number of likely N-dealkylation sites (tertiary alicyclic amines) is 1. The molecule has 0 aliphatic carbocycles. The Kier molecular flexibility index (Phi) is 6.32. The summed E-state index contributed by atoms with van der Waals surface area (Å²) >= 11 is 0. The average molecular weight is 404 g/mol. The van der Waals surface area contributed by atoms with Crippen molar-refractivity contribution < 1.29 is 14.0 Å². The molecule has 0 N–H and O–H groups in total. The highest BCUT2D eigenvalue weighted by molar-refractivity contribution is 5.17. The molecule has 1 unspecified atom stereocenters. The summed E-state index contributed by atoms with van der Waals surface area (Å²) in [5, 5.41) is 8.97. The molecule has 8 heteroatoms. The molecule has 2 aliphatic heterocycles. The van der Waals surface area contributed by atoms with Crippen LogP contribution in [0, 0.1) is 6.92 Å². The third-order valence-electron chi connectivity index (χ3n) is 6.44. The third-order valence-corrected chi connectivity index (χ3v) is 6.44. The van der Waals surface area contributed by atoms with E-state index in [9.17, 15) is 0 Å². The molecule has 0 spiro atoms. The molecule has 0 radical (unpaired) electrons. The van der Waals surface area contributed by atoms with Gasteiger partial charge in [0.1, 0.15) is 0 Å². The van der Waals surface area contributed by atoms with Gasteiger partial charge < -0.3 is 14.0 Å². The fourth-order valence-corrected chi connectivity index (χ4v) is 4.76. The Morgan fingerprint density at radius 2 is 2.14 bits per heavy atom. The molecular formula is C21H33N5O3. The summed E-state index contributed by atoms with van der Waals surface area (Å²) in [5.74, 6) is 1.95. The van der Waals surface area contributed by atoms with E-state index in [1.165, 1.54) is 5.56 Å². The minimum Gasteiger partial charge on any atom is -0.385 e. The standard InChI is InChI=1S/C21H33N5O3/c1-16-18(13-25(2)23-16)14-26-9-4-7-21(15-26,8-12-27-3)20-22-19(29-24-20)17-5-10-28-11-6-17/h13,17H,4-12,14-15H2,1-3H3. The lowest BCUT2D eigenvalue weighted by Gasteiger charge is -2.41. The molecule has 4 heterocycles. The molecule has 2 saturated heterocycles. The minimum atomic E-state index is -0.128. The SMILES string of the molecule is COCCC1(c2noc(C3CCOCC3)n2)CCCN(Cc2cn(C)nc2C)C1. The fourth-order valence-electron chi connectivity index (χ4n) is 4.76. The maximum atomic E-state index is 5.75. The number of rotatable bonds is 7. The summed E-state index contributed by atoms with van der Waals surface area (Å²) in [6.45, 7) is 7.22. The highest BCUT2D eigenvalue weighted by Gasteiger charge is 2.41. The molecule has 2 aromatic heterocycles. The summed E-state index contributed by atoms with van der Waals surface area (Å²) in [6.07, 6.45) is 7.12. The van der Waals surface area contributed by atoms with Gasteiger partial charge in [0.15, 0.2) is 5.82 Å². The van der Waals surface area contributed by atoms with Gasteiger partial charge in [0.2, 0.25) is 5.89 Å². The molecule has 2 aromatic rings. The zero-order valence-electron chi connectivity index (χ0n) is 17.9. The van der Waals surface area contributed by atoms with Crippen molar-refractivity contribution in [2.45, 2.75) is 56.9 Å². The van der Waals surface area contributed by atoms with Gasteiger partial charge in [0, 0.05) is 70.2 Å². The van der Waals surface area contributed by atoms with E-state index < -0.39 is 0 Å². The molecule has 0 bridgehead atoms. The van der Waals surface area contributed by atoms with Crippen molar-refractivity contribution in [2.24, 2.45) is 7.05 Å². The van der Waals surface area contributed by atoms with Crippen LogP contribution < -0.4 is 0 Å². The molecular weight excluding hydrogens is 370 g/mol. The van der Waals surface area contributed by atoms with Gasteiger partial charge in [-0.15, -0.1) is 0 Å². The summed E-state index contributed by atoms with van der Waals surface area (Å²) in [7, 11) is 3.74. The molecule has 29 heavy (non-hydrogen) atoms. The lowest BCUT2D eigenvalue weighted by atomic mass is 9.76. The maximum absolute atomic E-state index is 5.75. The lowest BCUT2D eigenvalue weighted by molar-refractivity contribution is 0.0778. The van der Waals surface area contributed by atoms with Gasteiger partial charge in [0.25, 0.3) is 0 Å². The Hall–Kier alpha value is -1.77. The predicted octanol–water partition coefficient (Wildman–Crippen LogP) is 2.58. The number of hydrogen-bond donors (Lipinski definition) is 0. The zero-order valence-corrected chi connectivity index (χ0v) is 17.9. The first-order valence-electron chi connectivity index (χ1n) is 10.7. The summed E-state index contributed by atoms with van der Waals surface area (Å²) in [5.41, 5.74) is 2.25. The van der Waals surface area contributed by atoms with Crippen LogP contribution in [0.1, 0.15) is 61.0 Å². The van der Waals surface area contributed by atoms with Gasteiger partial charge in [-0.25, -0.2) is 0 Å². The number of ether oxygens (including phenoxy) is 2. The molecule has 2 aliphatic rings. The second-order valence-electron chi connectivity index (χ2n) is 8.59. The third kappa shape index (κ3) is 4.54. The number of nitrogens with zero attached hydrogens (tertiary/aromatic N) is 5. The highest BCUT2D eigenvalue weighted by atomic mass is 16.5. The minimum absolute atomic E-state index is 0.128. The number of aromatic nitrogens is 4. The van der Waals surface area contributed by atoms with Crippen LogP contribution in [0.3, 0.4) is 0 Å². The zero-order chi connectivity index (χ0) is 20.3. The van der Waals surface area contributed by atoms with E-state index >= 15 is 0 Å². The van der Waals surface area contributed by atoms with Gasteiger partial charge in [-0.2, -0.15) is 10.1 Å². The molecule has 2 fully saturated rings. The highest BCUT2D eigenvalue weighted by Crippen LogP contribution is 2.37. The Morgan fingerprint density at radius 1 is 1.31 bits per heavy atom. The molecule has 1 atom stereocenters. The van der Waals surface area contributed by atoms with Crippen molar-refractivity contribution in [1.29, 1.82) is 0 Å². The largest absolute Gasteiger partial charge is 0.385 e. The van der Waals surface area contributed by atoms with Crippen molar-refractivity contribution >= 4 is 0 Å². The molecule has 0 aromatic carbocycles. The quantitative estimate of drug-likeness (QED) is 0.703. The first-order chi connectivity index (χ1) is 14.1. The van der Waals surface area contributed by atoms with Gasteiger partial charge >= 0.3 is 0 Å². The predicted molar refractivity (Wildman–Crippen MR) is 108 cm³/mol. The molecule has 4 rings (SSSR count). The van der Waals surface area contributed by atoms with Crippen LogP contribution in [0.5, 0.6) is 0 Å². The van der Waals surface area contributed by atoms with Crippen LogP contribution in [0.15, 0.2) is 10.7 Å². The van der Waals surface area contributed by atoms with Crippen LogP contribution in [0.4, 0.5) is 0 Å². The molecule has 8 nitrogen and oxygen atoms in total. The Balaban J connectivity index is 1.54. The van der Waals surface area contributed by atoms with E-state index in [-0.39, 0.29) is 5.41 Å². The van der Waals surface area contributed by atoms with Crippen LogP contribution in [-0.2, 0) is 28.5 Å². The Bertz CT molecular complexity index is 798. The van der Waals surface area contributed by atoms with Crippen molar-refractivity contribution in [1.82, 2.24) is 24.8 Å². The summed E-state index contributed by atoms with van der Waals surface area (Å²) in [4.78, 5) is 7.42. The van der Waals surface area contributed by atoms with Crippen LogP contribution >= 0.6 is 0 Å². The van der Waals surface area contributed by atoms with Gasteiger partial charge in [-0.05, 0) is 45.6 Å². The van der Waals surface area contributed by atoms with E-state index in [2.05, 4.69) is 28.3 Å². The second kappa shape index (κ2) is 8.93. The Morgan fingerprint density at radius 3 is 2.86 bits per heavy atom. The maximum Gasteiger partial charge on any atom is 0.229 e. The topological polar surface area (TPSA) is 78.4 Å². The average Bonchev–Trinajstić information content (AvgIpc) is 3.35. The number of hydrogen-bond acceptors (Lipinski definition) is 7. The van der Waals surface area contributed by atoms with Crippen molar-refractivity contribution in [2.75, 3.05) is 40.0 Å². The van der Waals surface area contributed by atoms with E-state index in [4.69, 9.17) is 19.0 Å².